The molecule has 2 N–H and O–H groups in total. The van der Waals surface area contributed by atoms with E-state index >= 15 is 0 Å². The summed E-state index contributed by atoms with van der Waals surface area (Å²) in [5.41, 5.74) is 1.74. The van der Waals surface area contributed by atoms with Crippen LogP contribution in [0.15, 0.2) is 36.4 Å². The lowest BCUT2D eigenvalue weighted by molar-refractivity contribution is -0.145. The van der Waals surface area contributed by atoms with Crippen LogP contribution in [0.25, 0.3) is 0 Å². The summed E-state index contributed by atoms with van der Waals surface area (Å²) in [6.45, 7) is 3.28. The molecule has 0 saturated heterocycles. The van der Waals surface area contributed by atoms with Crippen molar-refractivity contribution in [3.05, 3.63) is 58.9 Å². The van der Waals surface area contributed by atoms with E-state index < -0.39 is 29.7 Å². The lowest BCUT2D eigenvalue weighted by Gasteiger charge is -2.18. The van der Waals surface area contributed by atoms with Gasteiger partial charge in [0.2, 0.25) is 5.91 Å². The van der Waals surface area contributed by atoms with Gasteiger partial charge in [0.15, 0.2) is 11.6 Å². The Hall–Kier alpha value is -3.46. The van der Waals surface area contributed by atoms with Gasteiger partial charge in [-0.3, -0.25) is 10.1 Å². The first-order valence-electron chi connectivity index (χ1n) is 9.53. The van der Waals surface area contributed by atoms with E-state index in [0.29, 0.717) is 5.69 Å². The largest absolute Gasteiger partial charge is 0.494 e. The van der Waals surface area contributed by atoms with Crippen LogP contribution in [0.4, 0.5) is 10.1 Å². The fourth-order valence-electron chi connectivity index (χ4n) is 2.82. The summed E-state index contributed by atoms with van der Waals surface area (Å²) in [7, 11) is 2.60. The van der Waals surface area contributed by atoms with Crippen molar-refractivity contribution in [3.8, 4) is 5.75 Å². The van der Waals surface area contributed by atoms with Gasteiger partial charge >= 0.3 is 11.9 Å². The Morgan fingerprint density at radius 1 is 1.10 bits per heavy atom. The Morgan fingerprint density at radius 2 is 1.84 bits per heavy atom. The van der Waals surface area contributed by atoms with Crippen molar-refractivity contribution in [1.82, 2.24) is 5.32 Å². The van der Waals surface area contributed by atoms with Crippen molar-refractivity contribution < 1.29 is 33.0 Å². The normalized spacial score (nSPS) is 11.4. The highest BCUT2D eigenvalue weighted by molar-refractivity contribution is 5.96. The van der Waals surface area contributed by atoms with Crippen LogP contribution in [0.3, 0.4) is 0 Å². The third kappa shape index (κ3) is 6.26. The molecule has 2 aromatic rings. The quantitative estimate of drug-likeness (QED) is 0.588. The van der Waals surface area contributed by atoms with Crippen molar-refractivity contribution in [2.45, 2.75) is 19.9 Å². The van der Waals surface area contributed by atoms with Crippen molar-refractivity contribution in [1.29, 1.82) is 0 Å². The molecule has 0 aliphatic rings. The van der Waals surface area contributed by atoms with Crippen molar-refractivity contribution in [2.24, 2.45) is 0 Å². The monoisotopic (exact) mass is 432 g/mol. The molecular formula is C22H25FN2O6. The number of esters is 2. The predicted molar refractivity (Wildman–Crippen MR) is 111 cm³/mol. The Morgan fingerprint density at radius 3 is 2.45 bits per heavy atom. The Kier molecular flexibility index (Phi) is 8.51. The minimum atomic E-state index is -1.06. The summed E-state index contributed by atoms with van der Waals surface area (Å²) in [6.07, 6.45) is 0. The van der Waals surface area contributed by atoms with Gasteiger partial charge in [-0.2, -0.15) is 0 Å². The van der Waals surface area contributed by atoms with Crippen molar-refractivity contribution in [2.75, 3.05) is 32.7 Å². The molecule has 1 unspecified atom stereocenters. The molecule has 0 aromatic heterocycles. The summed E-state index contributed by atoms with van der Waals surface area (Å²) in [6, 6.07) is 7.75. The van der Waals surface area contributed by atoms with E-state index in [2.05, 4.69) is 15.4 Å². The number of hydrogen-bond acceptors (Lipinski definition) is 7. The van der Waals surface area contributed by atoms with Gasteiger partial charge < -0.3 is 19.5 Å². The molecule has 31 heavy (non-hydrogen) atoms. The Labute approximate surface area is 179 Å². The smallest absolute Gasteiger partial charge is 0.337 e. The Bertz CT molecular complexity index is 963. The van der Waals surface area contributed by atoms with E-state index in [4.69, 9.17) is 9.47 Å². The zero-order chi connectivity index (χ0) is 23.0. The molecule has 8 nitrogen and oxygen atoms in total. The van der Waals surface area contributed by atoms with Crippen LogP contribution in [0.2, 0.25) is 0 Å². The number of hydrogen-bond donors (Lipinski definition) is 2. The topological polar surface area (TPSA) is 103 Å². The van der Waals surface area contributed by atoms with Crippen molar-refractivity contribution >= 4 is 23.5 Å². The molecule has 0 spiro atoms. The van der Waals surface area contributed by atoms with E-state index in [-0.39, 0.29) is 30.0 Å². The number of anilines is 1. The summed E-state index contributed by atoms with van der Waals surface area (Å²) in [4.78, 5) is 36.5. The highest BCUT2D eigenvalue weighted by atomic mass is 19.1. The van der Waals surface area contributed by atoms with E-state index in [0.717, 1.165) is 11.6 Å². The number of benzene rings is 2. The number of halogens is 1. The van der Waals surface area contributed by atoms with E-state index in [1.807, 2.05) is 0 Å². The third-order valence-corrected chi connectivity index (χ3v) is 4.43. The van der Waals surface area contributed by atoms with Crippen LogP contribution >= 0.6 is 0 Å². The number of aryl methyl sites for hydroxylation is 1. The fraction of sp³-hybridized carbons (Fsp3) is 0.318. The number of methoxy groups -OCH3 is 2. The van der Waals surface area contributed by atoms with Gasteiger partial charge in [-0.1, -0.05) is 12.1 Å². The average molecular weight is 432 g/mol. The van der Waals surface area contributed by atoms with Gasteiger partial charge in [0.1, 0.15) is 6.04 Å². The highest BCUT2D eigenvalue weighted by Gasteiger charge is 2.24. The molecule has 9 heteroatoms. The Balaban J connectivity index is 2.14. The first-order valence-corrected chi connectivity index (χ1v) is 9.53. The second kappa shape index (κ2) is 11.1. The SMILES string of the molecule is CCOC(=O)C(NCC(=O)Nc1cc(C(=O)OC)ccc1C)c1ccc(OC)c(F)c1. The average Bonchev–Trinajstić information content (AvgIpc) is 2.75. The molecular weight excluding hydrogens is 407 g/mol. The number of nitrogens with one attached hydrogen (secondary N) is 2. The molecule has 0 aliphatic heterocycles. The first kappa shape index (κ1) is 23.8. The standard InChI is InChI=1S/C22H25FN2O6/c1-5-31-22(28)20(14-8-9-18(29-3)16(23)10-14)24-12-19(26)25-17-11-15(21(27)30-4)7-6-13(17)2/h6-11,20,24H,5,12H2,1-4H3,(H,25,26). The molecule has 0 heterocycles. The van der Waals surface area contributed by atoms with Gasteiger partial charge in [-0.05, 0) is 49.2 Å². The fourth-order valence-corrected chi connectivity index (χ4v) is 2.82. The number of amides is 1. The summed E-state index contributed by atoms with van der Waals surface area (Å²) >= 11 is 0. The molecule has 1 amide bonds. The molecule has 1 atom stereocenters. The molecule has 166 valence electrons. The maximum atomic E-state index is 14.1. The molecule has 0 bridgehead atoms. The van der Waals surface area contributed by atoms with E-state index in [9.17, 15) is 18.8 Å². The minimum Gasteiger partial charge on any atom is -0.494 e. The first-order chi connectivity index (χ1) is 14.8. The van der Waals surface area contributed by atoms with Gasteiger partial charge in [0.05, 0.1) is 32.9 Å². The lowest BCUT2D eigenvalue weighted by Crippen LogP contribution is -2.36. The highest BCUT2D eigenvalue weighted by Crippen LogP contribution is 2.23. The summed E-state index contributed by atoms with van der Waals surface area (Å²) < 4.78 is 28.7. The second-order valence-electron chi connectivity index (χ2n) is 6.53. The molecule has 0 saturated carbocycles. The minimum absolute atomic E-state index is 0.0325. The van der Waals surface area contributed by atoms with E-state index in [1.54, 1.807) is 26.0 Å². The van der Waals surface area contributed by atoms with Crippen LogP contribution in [0.1, 0.15) is 34.5 Å². The van der Waals surface area contributed by atoms with Crippen LogP contribution in [-0.4, -0.2) is 45.2 Å². The lowest BCUT2D eigenvalue weighted by atomic mass is 10.1. The summed E-state index contributed by atoms with van der Waals surface area (Å²) in [5.74, 6) is -2.25. The van der Waals surface area contributed by atoms with Gasteiger partial charge in [0.25, 0.3) is 0 Å². The number of carbonyl (C=O) groups is 3. The predicted octanol–water partition coefficient (Wildman–Crippen LogP) is 2.76. The zero-order valence-corrected chi connectivity index (χ0v) is 17.8. The van der Waals surface area contributed by atoms with Crippen LogP contribution in [0.5, 0.6) is 5.75 Å². The van der Waals surface area contributed by atoms with Gasteiger partial charge in [0, 0.05) is 5.69 Å². The number of rotatable bonds is 9. The maximum Gasteiger partial charge on any atom is 0.337 e. The van der Waals surface area contributed by atoms with Crippen LogP contribution < -0.4 is 15.4 Å². The number of ether oxygens (including phenoxy) is 3. The molecule has 0 radical (unpaired) electrons. The molecule has 0 aliphatic carbocycles. The van der Waals surface area contributed by atoms with Gasteiger partial charge in [-0.25, -0.2) is 14.0 Å². The second-order valence-corrected chi connectivity index (χ2v) is 6.53. The maximum absolute atomic E-state index is 14.1. The molecule has 2 aromatic carbocycles. The summed E-state index contributed by atoms with van der Waals surface area (Å²) in [5, 5.41) is 5.47. The van der Waals surface area contributed by atoms with E-state index in [1.165, 1.54) is 32.4 Å². The van der Waals surface area contributed by atoms with Gasteiger partial charge in [-0.15, -0.1) is 0 Å². The van der Waals surface area contributed by atoms with Crippen molar-refractivity contribution in [3.63, 3.8) is 0 Å². The van der Waals surface area contributed by atoms with Crippen LogP contribution in [0, 0.1) is 12.7 Å². The zero-order valence-electron chi connectivity index (χ0n) is 17.8. The molecule has 2 rings (SSSR count). The number of carbonyl (C=O) groups excluding carboxylic acids is 3. The third-order valence-electron chi connectivity index (χ3n) is 4.43. The van der Waals surface area contributed by atoms with Crippen LogP contribution in [-0.2, 0) is 19.1 Å². The molecule has 0 fully saturated rings.